The van der Waals surface area contributed by atoms with E-state index in [9.17, 15) is 20.1 Å². The fourth-order valence-corrected chi connectivity index (χ4v) is 2.36. The fraction of sp³-hybridized carbons (Fsp3) is 0.462. The molecule has 0 saturated heterocycles. The molecule has 4 N–H and O–H groups in total. The highest BCUT2D eigenvalue weighted by Crippen LogP contribution is 2.27. The summed E-state index contributed by atoms with van der Waals surface area (Å²) in [5.41, 5.74) is 0.300. The normalized spacial score (nSPS) is 22.9. The zero-order valence-corrected chi connectivity index (χ0v) is 9.97. The molecule has 0 radical (unpaired) electrons. The molecule has 1 saturated carbocycles. The molecule has 18 heavy (non-hydrogen) atoms. The van der Waals surface area contributed by atoms with Crippen LogP contribution in [0.5, 0.6) is 11.5 Å². The first-order valence-corrected chi connectivity index (χ1v) is 6.05. The number of carbonyl (C=O) groups is 1. The van der Waals surface area contributed by atoms with E-state index in [1.165, 1.54) is 18.2 Å². The molecule has 2 unspecified atom stereocenters. The van der Waals surface area contributed by atoms with Crippen LogP contribution in [-0.2, 0) is 0 Å². The third-order valence-electron chi connectivity index (χ3n) is 3.45. The van der Waals surface area contributed by atoms with Crippen molar-refractivity contribution in [1.82, 2.24) is 5.32 Å². The van der Waals surface area contributed by atoms with Gasteiger partial charge in [0.15, 0.2) is 11.5 Å². The Morgan fingerprint density at radius 2 is 2.06 bits per heavy atom. The van der Waals surface area contributed by atoms with Gasteiger partial charge in [0, 0.05) is 24.1 Å². The molecule has 1 amide bonds. The Balaban J connectivity index is 2.05. The van der Waals surface area contributed by atoms with Crippen molar-refractivity contribution in [2.45, 2.75) is 25.3 Å². The van der Waals surface area contributed by atoms with Gasteiger partial charge in [0.2, 0.25) is 0 Å². The van der Waals surface area contributed by atoms with Crippen molar-refractivity contribution in [1.29, 1.82) is 0 Å². The predicted molar refractivity (Wildman–Crippen MR) is 65.5 cm³/mol. The largest absolute Gasteiger partial charge is 0.504 e. The van der Waals surface area contributed by atoms with E-state index >= 15 is 0 Å². The van der Waals surface area contributed by atoms with E-state index in [1.54, 1.807) is 0 Å². The smallest absolute Gasteiger partial charge is 0.251 e. The molecular formula is C13H17NO4. The van der Waals surface area contributed by atoms with E-state index in [0.29, 0.717) is 5.56 Å². The minimum absolute atomic E-state index is 0.0153. The molecule has 2 atom stereocenters. The summed E-state index contributed by atoms with van der Waals surface area (Å²) in [4.78, 5) is 11.9. The van der Waals surface area contributed by atoms with Gasteiger partial charge < -0.3 is 20.6 Å². The van der Waals surface area contributed by atoms with Crippen molar-refractivity contribution in [2.75, 3.05) is 6.61 Å². The molecule has 0 aromatic heterocycles. The van der Waals surface area contributed by atoms with Crippen LogP contribution in [0.25, 0.3) is 0 Å². The van der Waals surface area contributed by atoms with Crippen LogP contribution in [0.2, 0.25) is 0 Å². The standard InChI is InChI=1S/C13H17NO4/c15-7-9-2-1-3-10(9)14-13(18)8-4-5-11(16)12(17)6-8/h4-6,9-10,15-17H,1-3,7H2,(H,14,18). The number of phenolic OH excluding ortho intramolecular Hbond substituents is 2. The quantitative estimate of drug-likeness (QED) is 0.603. The highest BCUT2D eigenvalue weighted by Gasteiger charge is 2.28. The number of benzene rings is 1. The van der Waals surface area contributed by atoms with Gasteiger partial charge in [-0.25, -0.2) is 0 Å². The molecule has 1 aliphatic rings. The molecule has 5 heteroatoms. The van der Waals surface area contributed by atoms with Gasteiger partial charge in [-0.1, -0.05) is 6.42 Å². The van der Waals surface area contributed by atoms with Crippen LogP contribution in [0.3, 0.4) is 0 Å². The molecule has 0 heterocycles. The maximum absolute atomic E-state index is 11.9. The van der Waals surface area contributed by atoms with Gasteiger partial charge in [0.25, 0.3) is 5.91 Å². The molecule has 98 valence electrons. The zero-order valence-electron chi connectivity index (χ0n) is 9.97. The minimum Gasteiger partial charge on any atom is -0.504 e. The Morgan fingerprint density at radius 3 is 2.72 bits per heavy atom. The monoisotopic (exact) mass is 251 g/mol. The molecule has 1 fully saturated rings. The van der Waals surface area contributed by atoms with E-state index in [4.69, 9.17) is 0 Å². The summed E-state index contributed by atoms with van der Waals surface area (Å²) in [6.45, 7) is 0.0752. The summed E-state index contributed by atoms with van der Waals surface area (Å²) in [5, 5.41) is 30.5. The van der Waals surface area contributed by atoms with Crippen molar-refractivity contribution >= 4 is 5.91 Å². The maximum atomic E-state index is 11.9. The van der Waals surface area contributed by atoms with Crippen molar-refractivity contribution in [3.63, 3.8) is 0 Å². The molecule has 1 aromatic carbocycles. The van der Waals surface area contributed by atoms with Crippen LogP contribution in [0.4, 0.5) is 0 Å². The van der Waals surface area contributed by atoms with Gasteiger partial charge in [0.05, 0.1) is 0 Å². The molecule has 2 rings (SSSR count). The lowest BCUT2D eigenvalue weighted by Gasteiger charge is -2.19. The average Bonchev–Trinajstić information content (AvgIpc) is 2.79. The molecule has 1 aliphatic carbocycles. The van der Waals surface area contributed by atoms with E-state index in [2.05, 4.69) is 5.32 Å². The summed E-state index contributed by atoms with van der Waals surface area (Å²) in [6, 6.07) is 3.95. The number of amides is 1. The zero-order chi connectivity index (χ0) is 13.1. The Labute approximate surface area is 105 Å². The van der Waals surface area contributed by atoms with E-state index < -0.39 is 0 Å². The number of hydrogen-bond donors (Lipinski definition) is 4. The number of aromatic hydroxyl groups is 2. The number of aliphatic hydroxyl groups excluding tert-OH is 1. The third kappa shape index (κ3) is 2.56. The maximum Gasteiger partial charge on any atom is 0.251 e. The van der Waals surface area contributed by atoms with Gasteiger partial charge in [-0.15, -0.1) is 0 Å². The summed E-state index contributed by atoms with van der Waals surface area (Å²) >= 11 is 0. The second-order valence-electron chi connectivity index (χ2n) is 4.66. The number of aliphatic hydroxyl groups is 1. The second-order valence-corrected chi connectivity index (χ2v) is 4.66. The molecule has 0 aliphatic heterocycles. The Bertz CT molecular complexity index is 447. The first-order chi connectivity index (χ1) is 8.61. The molecular weight excluding hydrogens is 234 g/mol. The Hall–Kier alpha value is -1.75. The Kier molecular flexibility index (Phi) is 3.72. The highest BCUT2D eigenvalue weighted by molar-refractivity contribution is 5.95. The van der Waals surface area contributed by atoms with Crippen LogP contribution in [0.15, 0.2) is 18.2 Å². The van der Waals surface area contributed by atoms with Crippen LogP contribution in [0, 0.1) is 5.92 Å². The lowest BCUT2D eigenvalue weighted by Crippen LogP contribution is -2.38. The van der Waals surface area contributed by atoms with Crippen LogP contribution in [0.1, 0.15) is 29.6 Å². The number of hydrogen-bond acceptors (Lipinski definition) is 4. The fourth-order valence-electron chi connectivity index (χ4n) is 2.36. The van der Waals surface area contributed by atoms with Crippen molar-refractivity contribution in [3.8, 4) is 11.5 Å². The van der Waals surface area contributed by atoms with Gasteiger partial charge in [0.1, 0.15) is 0 Å². The van der Waals surface area contributed by atoms with Crippen molar-refractivity contribution in [3.05, 3.63) is 23.8 Å². The topological polar surface area (TPSA) is 89.8 Å². The molecule has 5 nitrogen and oxygen atoms in total. The van der Waals surface area contributed by atoms with Crippen LogP contribution in [-0.4, -0.2) is 33.9 Å². The minimum atomic E-state index is -0.312. The van der Waals surface area contributed by atoms with Gasteiger partial charge in [-0.2, -0.15) is 0 Å². The summed E-state index contributed by atoms with van der Waals surface area (Å²) in [6.07, 6.45) is 2.78. The lowest BCUT2D eigenvalue weighted by atomic mass is 10.0. The summed E-state index contributed by atoms with van der Waals surface area (Å²) in [5.74, 6) is -0.747. The number of carbonyl (C=O) groups excluding carboxylic acids is 1. The number of rotatable bonds is 3. The van der Waals surface area contributed by atoms with Gasteiger partial charge in [-0.3, -0.25) is 4.79 Å². The van der Waals surface area contributed by atoms with Crippen LogP contribution < -0.4 is 5.32 Å². The first kappa shape index (κ1) is 12.7. The van der Waals surface area contributed by atoms with Gasteiger partial charge in [-0.05, 0) is 31.0 Å². The third-order valence-corrected chi connectivity index (χ3v) is 3.45. The van der Waals surface area contributed by atoms with E-state index in [1.807, 2.05) is 0 Å². The molecule has 0 spiro atoms. The summed E-state index contributed by atoms with van der Waals surface area (Å²) in [7, 11) is 0. The van der Waals surface area contributed by atoms with Crippen molar-refractivity contribution in [2.24, 2.45) is 5.92 Å². The van der Waals surface area contributed by atoms with Crippen molar-refractivity contribution < 1.29 is 20.1 Å². The highest BCUT2D eigenvalue weighted by atomic mass is 16.3. The van der Waals surface area contributed by atoms with Crippen LogP contribution >= 0.6 is 0 Å². The number of nitrogens with one attached hydrogen (secondary N) is 1. The first-order valence-electron chi connectivity index (χ1n) is 6.05. The van der Waals surface area contributed by atoms with E-state index in [0.717, 1.165) is 19.3 Å². The van der Waals surface area contributed by atoms with E-state index in [-0.39, 0.29) is 36.0 Å². The Morgan fingerprint density at radius 1 is 1.28 bits per heavy atom. The predicted octanol–water partition coefficient (Wildman–Crippen LogP) is 0.989. The lowest BCUT2D eigenvalue weighted by molar-refractivity contribution is 0.0915. The second kappa shape index (κ2) is 5.27. The molecule has 0 bridgehead atoms. The number of phenols is 2. The summed E-state index contributed by atoms with van der Waals surface area (Å²) < 4.78 is 0. The average molecular weight is 251 g/mol. The SMILES string of the molecule is O=C(NC1CCCC1CO)c1ccc(O)c(O)c1. The van der Waals surface area contributed by atoms with Gasteiger partial charge >= 0.3 is 0 Å². The molecule has 1 aromatic rings.